The summed E-state index contributed by atoms with van der Waals surface area (Å²) in [4.78, 5) is 45.5. The summed E-state index contributed by atoms with van der Waals surface area (Å²) < 4.78 is 0. The lowest BCUT2D eigenvalue weighted by Gasteiger charge is -2.26. The van der Waals surface area contributed by atoms with Gasteiger partial charge in [-0.1, -0.05) is 60.7 Å². The van der Waals surface area contributed by atoms with Gasteiger partial charge in [-0.25, -0.2) is 9.79 Å². The van der Waals surface area contributed by atoms with Crippen LogP contribution in [0.5, 0.6) is 0 Å². The Morgan fingerprint density at radius 2 is 1.74 bits per heavy atom. The highest BCUT2D eigenvalue weighted by molar-refractivity contribution is 6.20. The summed E-state index contributed by atoms with van der Waals surface area (Å²) in [6.45, 7) is 1.82. The minimum Gasteiger partial charge on any atom is -0.481 e. The van der Waals surface area contributed by atoms with E-state index >= 15 is 0 Å². The van der Waals surface area contributed by atoms with Crippen molar-refractivity contribution < 1.29 is 19.5 Å². The van der Waals surface area contributed by atoms with Crippen molar-refractivity contribution in [2.45, 2.75) is 19.5 Å². The number of fused-ring (bicyclic) bond motifs is 1. The summed E-state index contributed by atoms with van der Waals surface area (Å²) in [6.07, 6.45) is -1.45. The predicted molar refractivity (Wildman–Crippen MR) is 135 cm³/mol. The highest BCUT2D eigenvalue weighted by Gasteiger charge is 2.32. The summed E-state index contributed by atoms with van der Waals surface area (Å²) in [7, 11) is 1.65. The van der Waals surface area contributed by atoms with Gasteiger partial charge in [0.25, 0.3) is 5.91 Å². The van der Waals surface area contributed by atoms with Gasteiger partial charge in [0, 0.05) is 30.4 Å². The molecule has 0 fully saturated rings. The maximum atomic E-state index is 13.4. The number of benzene rings is 3. The third-order valence-corrected chi connectivity index (χ3v) is 5.76. The van der Waals surface area contributed by atoms with E-state index in [1.54, 1.807) is 25.2 Å². The Bertz CT molecular complexity index is 1290. The maximum absolute atomic E-state index is 13.4. The van der Waals surface area contributed by atoms with Crippen molar-refractivity contribution in [2.24, 2.45) is 4.99 Å². The van der Waals surface area contributed by atoms with E-state index in [-0.39, 0.29) is 13.0 Å². The molecule has 8 nitrogen and oxygen atoms in total. The molecule has 3 aromatic rings. The van der Waals surface area contributed by atoms with Crippen LogP contribution < -0.4 is 15.1 Å². The number of aliphatic imine (C=N–C) groups is 1. The first-order valence-corrected chi connectivity index (χ1v) is 11.2. The number of nitrogens with one attached hydrogen (secondary N) is 1. The number of nitrogens with zero attached hydrogens (tertiary/aromatic N) is 3. The van der Waals surface area contributed by atoms with Gasteiger partial charge in [-0.05, 0) is 30.7 Å². The van der Waals surface area contributed by atoms with Gasteiger partial charge in [-0.3, -0.25) is 14.5 Å². The summed E-state index contributed by atoms with van der Waals surface area (Å²) >= 11 is 0. The average molecular weight is 471 g/mol. The van der Waals surface area contributed by atoms with Gasteiger partial charge in [-0.2, -0.15) is 0 Å². The Hall–Kier alpha value is -4.46. The molecule has 1 unspecified atom stereocenters. The van der Waals surface area contributed by atoms with E-state index in [9.17, 15) is 19.5 Å². The fourth-order valence-electron chi connectivity index (χ4n) is 3.99. The van der Waals surface area contributed by atoms with Crippen molar-refractivity contribution in [2.75, 3.05) is 23.4 Å². The van der Waals surface area contributed by atoms with E-state index in [0.717, 1.165) is 16.7 Å². The van der Waals surface area contributed by atoms with Gasteiger partial charge in [0.05, 0.1) is 17.8 Å². The molecule has 0 radical (unpaired) electrons. The van der Waals surface area contributed by atoms with E-state index in [1.165, 1.54) is 9.80 Å². The summed E-state index contributed by atoms with van der Waals surface area (Å²) in [5.41, 5.74) is 4.29. The normalized spacial score (nSPS) is 15.0. The molecule has 2 N–H and O–H groups in total. The Labute approximate surface area is 203 Å². The molecule has 3 aromatic carbocycles. The number of anilines is 2. The fraction of sp³-hybridized carbons (Fsp3) is 0.185. The number of aliphatic carboxylic acids is 1. The zero-order valence-electron chi connectivity index (χ0n) is 19.5. The second-order valence-electron chi connectivity index (χ2n) is 8.24. The Balaban J connectivity index is 1.72. The highest BCUT2D eigenvalue weighted by atomic mass is 16.4. The first-order chi connectivity index (χ1) is 16.8. The van der Waals surface area contributed by atoms with E-state index < -0.39 is 24.1 Å². The predicted octanol–water partition coefficient (Wildman–Crippen LogP) is 3.83. The number of rotatable bonds is 6. The number of benzodiazepines with no additional fused rings is 1. The number of amides is 3. The lowest BCUT2D eigenvalue weighted by Crippen LogP contribution is -2.51. The maximum Gasteiger partial charge on any atom is 0.323 e. The van der Waals surface area contributed by atoms with Crippen molar-refractivity contribution in [3.63, 3.8) is 0 Å². The number of likely N-dealkylation sites (N-methyl/N-ethyl adjacent to an activating group) is 1. The number of carboxylic acid groups (broad SMARTS) is 1. The first kappa shape index (κ1) is 23.7. The number of aryl methyl sites for hydroxylation is 1. The molecule has 0 saturated heterocycles. The molecular formula is C27H26N4O4. The van der Waals surface area contributed by atoms with Gasteiger partial charge in [0.2, 0.25) is 6.17 Å². The fourth-order valence-corrected chi connectivity index (χ4v) is 3.99. The number of hydrogen-bond acceptors (Lipinski definition) is 4. The van der Waals surface area contributed by atoms with Crippen LogP contribution in [0, 0.1) is 6.92 Å². The average Bonchev–Trinajstić information content (AvgIpc) is 2.95. The van der Waals surface area contributed by atoms with Crippen LogP contribution in [0.15, 0.2) is 83.9 Å². The van der Waals surface area contributed by atoms with Gasteiger partial charge in [-0.15, -0.1) is 0 Å². The monoisotopic (exact) mass is 470 g/mol. The number of carbonyl (C=O) groups excluding carboxylic acids is 2. The van der Waals surface area contributed by atoms with Crippen LogP contribution in [-0.2, 0) is 9.59 Å². The minimum absolute atomic E-state index is 0.0587. The molecule has 4 rings (SSSR count). The molecule has 3 amide bonds. The van der Waals surface area contributed by atoms with Crippen molar-refractivity contribution in [3.8, 4) is 0 Å². The van der Waals surface area contributed by atoms with E-state index in [0.29, 0.717) is 17.1 Å². The zero-order valence-corrected chi connectivity index (χ0v) is 19.5. The number of carbonyl (C=O) groups is 3. The summed E-state index contributed by atoms with van der Waals surface area (Å²) in [5.74, 6) is -1.43. The van der Waals surface area contributed by atoms with E-state index in [1.807, 2.05) is 67.6 Å². The zero-order chi connectivity index (χ0) is 24.9. The second kappa shape index (κ2) is 10.2. The molecule has 8 heteroatoms. The number of urea groups is 1. The van der Waals surface area contributed by atoms with Gasteiger partial charge >= 0.3 is 12.0 Å². The lowest BCUT2D eigenvalue weighted by molar-refractivity contribution is -0.136. The van der Waals surface area contributed by atoms with Crippen LogP contribution in [0.4, 0.5) is 16.2 Å². The number of para-hydroxylation sites is 1. The molecule has 1 heterocycles. The molecule has 1 aliphatic heterocycles. The Kier molecular flexibility index (Phi) is 6.91. The molecule has 0 aromatic heterocycles. The Morgan fingerprint density at radius 3 is 2.46 bits per heavy atom. The second-order valence-corrected chi connectivity index (χ2v) is 8.24. The van der Waals surface area contributed by atoms with Crippen LogP contribution in [0.2, 0.25) is 0 Å². The molecule has 1 aliphatic rings. The van der Waals surface area contributed by atoms with Crippen molar-refractivity contribution >= 4 is 35.0 Å². The summed E-state index contributed by atoms with van der Waals surface area (Å²) in [6, 6.07) is 23.5. The third-order valence-electron chi connectivity index (χ3n) is 5.76. The molecule has 0 aliphatic carbocycles. The van der Waals surface area contributed by atoms with Crippen molar-refractivity contribution in [1.82, 2.24) is 5.32 Å². The summed E-state index contributed by atoms with van der Waals surface area (Å²) in [5, 5.41) is 11.9. The third kappa shape index (κ3) is 5.22. The van der Waals surface area contributed by atoms with Crippen LogP contribution in [0.1, 0.15) is 23.1 Å². The quantitative estimate of drug-likeness (QED) is 0.572. The SMILES string of the molecule is Cc1cccc(N(CCC(=O)O)C(=O)NC2N=C(c3ccccc3)c3ccccc3N(C)C2=O)c1. The molecule has 35 heavy (non-hydrogen) atoms. The topological polar surface area (TPSA) is 102 Å². The number of carboxylic acids is 1. The molecule has 178 valence electrons. The van der Waals surface area contributed by atoms with Crippen LogP contribution in [0.25, 0.3) is 0 Å². The van der Waals surface area contributed by atoms with Gasteiger partial charge in [0.1, 0.15) is 0 Å². The molecule has 0 spiro atoms. The molecular weight excluding hydrogens is 444 g/mol. The van der Waals surface area contributed by atoms with Crippen LogP contribution >= 0.6 is 0 Å². The standard InChI is InChI=1S/C27H26N4O4/c1-18-9-8-12-20(17-18)31(16-15-23(32)33)27(35)29-25-26(34)30(2)22-14-7-6-13-21(22)24(28-25)19-10-4-3-5-11-19/h3-14,17,25H,15-16H2,1-2H3,(H,29,35)(H,32,33). The lowest BCUT2D eigenvalue weighted by atomic mass is 10.0. The van der Waals surface area contributed by atoms with Crippen molar-refractivity contribution in [3.05, 3.63) is 95.6 Å². The largest absolute Gasteiger partial charge is 0.481 e. The van der Waals surface area contributed by atoms with E-state index in [4.69, 9.17) is 4.99 Å². The smallest absolute Gasteiger partial charge is 0.323 e. The Morgan fingerprint density at radius 1 is 1.03 bits per heavy atom. The van der Waals surface area contributed by atoms with Crippen LogP contribution in [-0.4, -0.2) is 48.5 Å². The molecule has 1 atom stereocenters. The van der Waals surface area contributed by atoms with Crippen LogP contribution in [0.3, 0.4) is 0 Å². The van der Waals surface area contributed by atoms with E-state index in [2.05, 4.69) is 5.32 Å². The number of hydrogen-bond donors (Lipinski definition) is 2. The molecule has 0 saturated carbocycles. The van der Waals surface area contributed by atoms with Gasteiger partial charge in [0.15, 0.2) is 0 Å². The van der Waals surface area contributed by atoms with Gasteiger partial charge < -0.3 is 15.3 Å². The highest BCUT2D eigenvalue weighted by Crippen LogP contribution is 2.27. The minimum atomic E-state index is -1.20. The van der Waals surface area contributed by atoms with Crippen molar-refractivity contribution in [1.29, 1.82) is 0 Å². The molecule has 0 bridgehead atoms. The first-order valence-electron chi connectivity index (χ1n) is 11.2.